The molecule has 0 bridgehead atoms. The molecular formula is C17H25NO2. The Morgan fingerprint density at radius 1 is 1.35 bits per heavy atom. The number of carbonyl (C=O) groups excluding carboxylic acids is 1. The maximum atomic E-state index is 12.1. The van der Waals surface area contributed by atoms with Crippen molar-refractivity contribution >= 4 is 5.91 Å². The molecule has 20 heavy (non-hydrogen) atoms. The molecule has 1 saturated carbocycles. The van der Waals surface area contributed by atoms with E-state index >= 15 is 0 Å². The van der Waals surface area contributed by atoms with Crippen LogP contribution in [0.4, 0.5) is 0 Å². The summed E-state index contributed by atoms with van der Waals surface area (Å²) in [6, 6.07) is 6.38. The normalized spacial score (nSPS) is 23.0. The number of nitrogens with one attached hydrogen (secondary N) is 1. The van der Waals surface area contributed by atoms with Crippen molar-refractivity contribution in [2.45, 2.75) is 58.6 Å². The third kappa shape index (κ3) is 3.60. The van der Waals surface area contributed by atoms with E-state index in [0.717, 1.165) is 24.8 Å². The van der Waals surface area contributed by atoms with E-state index in [9.17, 15) is 9.90 Å². The molecule has 110 valence electrons. The lowest BCUT2D eigenvalue weighted by atomic mass is 9.76. The first-order valence-corrected chi connectivity index (χ1v) is 7.53. The molecule has 0 heterocycles. The molecule has 1 aliphatic rings. The van der Waals surface area contributed by atoms with E-state index < -0.39 is 0 Å². The summed E-state index contributed by atoms with van der Waals surface area (Å²) in [7, 11) is 0. The molecule has 1 aliphatic carbocycles. The summed E-state index contributed by atoms with van der Waals surface area (Å²) >= 11 is 0. The van der Waals surface area contributed by atoms with Crippen molar-refractivity contribution in [1.29, 1.82) is 0 Å². The molecule has 1 atom stereocenters. The van der Waals surface area contributed by atoms with E-state index in [0.29, 0.717) is 12.3 Å². The molecule has 1 amide bonds. The van der Waals surface area contributed by atoms with E-state index in [4.69, 9.17) is 0 Å². The van der Waals surface area contributed by atoms with Crippen LogP contribution in [0.5, 0.6) is 0 Å². The highest BCUT2D eigenvalue weighted by atomic mass is 16.3. The predicted octanol–water partition coefficient (Wildman–Crippen LogP) is 2.51. The summed E-state index contributed by atoms with van der Waals surface area (Å²) in [5.41, 5.74) is 3.54. The van der Waals surface area contributed by atoms with Gasteiger partial charge in [-0.1, -0.05) is 25.1 Å². The minimum Gasteiger partial charge on any atom is -0.393 e. The lowest BCUT2D eigenvalue weighted by Crippen LogP contribution is -2.47. The van der Waals surface area contributed by atoms with Crippen LogP contribution in [-0.2, 0) is 11.2 Å². The van der Waals surface area contributed by atoms with Crippen molar-refractivity contribution in [2.24, 2.45) is 5.92 Å². The van der Waals surface area contributed by atoms with Crippen LogP contribution in [0, 0.1) is 19.8 Å². The molecule has 1 fully saturated rings. The first-order chi connectivity index (χ1) is 9.49. The van der Waals surface area contributed by atoms with E-state index in [1.165, 1.54) is 11.1 Å². The number of rotatable bonds is 5. The van der Waals surface area contributed by atoms with Crippen molar-refractivity contribution in [3.63, 3.8) is 0 Å². The summed E-state index contributed by atoms with van der Waals surface area (Å²) in [6.45, 7) is 6.24. The molecule has 1 aromatic carbocycles. The number of amides is 1. The zero-order valence-corrected chi connectivity index (χ0v) is 12.6. The number of aliphatic hydroxyl groups is 1. The van der Waals surface area contributed by atoms with Gasteiger partial charge in [-0.15, -0.1) is 0 Å². The van der Waals surface area contributed by atoms with E-state index in [1.807, 2.05) is 6.07 Å². The standard InChI is InChI=1S/C17H25NO2/c1-4-16(14-9-15(19)10-14)18-17(20)8-13-6-5-11(2)12(3)7-13/h5-7,14-16,19H,4,8-10H2,1-3H3,(H,18,20)/t14?,15?,16-/m1/s1. The second-order valence-corrected chi connectivity index (χ2v) is 6.06. The van der Waals surface area contributed by atoms with Gasteiger partial charge in [0.25, 0.3) is 0 Å². The van der Waals surface area contributed by atoms with Gasteiger partial charge in [0, 0.05) is 6.04 Å². The lowest BCUT2D eigenvalue weighted by Gasteiger charge is -2.37. The third-order valence-electron chi connectivity index (χ3n) is 4.44. The van der Waals surface area contributed by atoms with E-state index in [2.05, 4.69) is 38.2 Å². The number of aliphatic hydroxyl groups excluding tert-OH is 1. The van der Waals surface area contributed by atoms with Gasteiger partial charge in [0.1, 0.15) is 0 Å². The number of aryl methyl sites for hydroxylation is 2. The van der Waals surface area contributed by atoms with Gasteiger partial charge in [-0.25, -0.2) is 0 Å². The Morgan fingerprint density at radius 3 is 2.60 bits per heavy atom. The molecule has 0 aliphatic heterocycles. The highest BCUT2D eigenvalue weighted by Crippen LogP contribution is 2.31. The molecule has 1 aromatic rings. The lowest BCUT2D eigenvalue weighted by molar-refractivity contribution is -0.122. The fraction of sp³-hybridized carbons (Fsp3) is 0.588. The molecule has 0 saturated heterocycles. The van der Waals surface area contributed by atoms with Gasteiger partial charge < -0.3 is 10.4 Å². The van der Waals surface area contributed by atoms with Crippen molar-refractivity contribution in [1.82, 2.24) is 5.32 Å². The van der Waals surface area contributed by atoms with Gasteiger partial charge in [-0.05, 0) is 55.7 Å². The first kappa shape index (κ1) is 15.0. The predicted molar refractivity (Wildman–Crippen MR) is 80.6 cm³/mol. The summed E-state index contributed by atoms with van der Waals surface area (Å²) in [4.78, 5) is 12.1. The van der Waals surface area contributed by atoms with E-state index in [-0.39, 0.29) is 18.1 Å². The minimum atomic E-state index is -0.161. The van der Waals surface area contributed by atoms with Crippen LogP contribution in [-0.4, -0.2) is 23.2 Å². The van der Waals surface area contributed by atoms with Crippen LogP contribution in [0.3, 0.4) is 0 Å². The maximum Gasteiger partial charge on any atom is 0.224 e. The number of hydrogen-bond acceptors (Lipinski definition) is 2. The fourth-order valence-electron chi connectivity index (χ4n) is 2.87. The zero-order valence-electron chi connectivity index (χ0n) is 12.6. The number of carbonyl (C=O) groups is 1. The minimum absolute atomic E-state index is 0.0847. The molecule has 0 unspecified atom stereocenters. The Bertz CT molecular complexity index is 478. The Balaban J connectivity index is 1.89. The molecule has 0 aromatic heterocycles. The molecular weight excluding hydrogens is 250 g/mol. The summed E-state index contributed by atoms with van der Waals surface area (Å²) < 4.78 is 0. The SMILES string of the molecule is CC[C@@H](NC(=O)Cc1ccc(C)c(C)c1)C1CC(O)C1. The van der Waals surface area contributed by atoms with Crippen molar-refractivity contribution in [3.05, 3.63) is 34.9 Å². The van der Waals surface area contributed by atoms with Crippen LogP contribution >= 0.6 is 0 Å². The highest BCUT2D eigenvalue weighted by Gasteiger charge is 2.33. The van der Waals surface area contributed by atoms with Gasteiger partial charge in [0.05, 0.1) is 12.5 Å². The monoisotopic (exact) mass is 275 g/mol. The second-order valence-electron chi connectivity index (χ2n) is 6.06. The Hall–Kier alpha value is -1.35. The summed E-state index contributed by atoms with van der Waals surface area (Å²) in [5.74, 6) is 0.528. The number of benzene rings is 1. The van der Waals surface area contributed by atoms with Crippen LogP contribution < -0.4 is 5.32 Å². The smallest absolute Gasteiger partial charge is 0.224 e. The quantitative estimate of drug-likeness (QED) is 0.867. The Kier molecular flexibility index (Phi) is 4.81. The molecule has 2 rings (SSSR count). The van der Waals surface area contributed by atoms with Gasteiger partial charge in [-0.3, -0.25) is 4.79 Å². The fourth-order valence-corrected chi connectivity index (χ4v) is 2.87. The molecule has 0 radical (unpaired) electrons. The van der Waals surface area contributed by atoms with Crippen molar-refractivity contribution in [2.75, 3.05) is 0 Å². The van der Waals surface area contributed by atoms with Gasteiger partial charge in [0.15, 0.2) is 0 Å². The summed E-state index contributed by atoms with van der Waals surface area (Å²) in [5, 5.41) is 12.5. The highest BCUT2D eigenvalue weighted by molar-refractivity contribution is 5.79. The third-order valence-corrected chi connectivity index (χ3v) is 4.44. The molecule has 0 spiro atoms. The first-order valence-electron chi connectivity index (χ1n) is 7.53. The Labute approximate surface area is 121 Å². The van der Waals surface area contributed by atoms with Crippen LogP contribution in [0.25, 0.3) is 0 Å². The molecule has 3 heteroatoms. The van der Waals surface area contributed by atoms with Crippen molar-refractivity contribution < 1.29 is 9.90 Å². The van der Waals surface area contributed by atoms with Crippen LogP contribution in [0.2, 0.25) is 0 Å². The topological polar surface area (TPSA) is 49.3 Å². The summed E-state index contributed by atoms with van der Waals surface area (Å²) in [6.07, 6.45) is 2.85. The Morgan fingerprint density at radius 2 is 2.05 bits per heavy atom. The molecule has 2 N–H and O–H groups in total. The average Bonchev–Trinajstić information content (AvgIpc) is 2.37. The largest absolute Gasteiger partial charge is 0.393 e. The number of hydrogen-bond donors (Lipinski definition) is 2. The maximum absolute atomic E-state index is 12.1. The van der Waals surface area contributed by atoms with Crippen LogP contribution in [0.1, 0.15) is 42.9 Å². The van der Waals surface area contributed by atoms with Gasteiger partial charge in [0.2, 0.25) is 5.91 Å². The van der Waals surface area contributed by atoms with Crippen LogP contribution in [0.15, 0.2) is 18.2 Å². The zero-order chi connectivity index (χ0) is 14.7. The second kappa shape index (κ2) is 6.40. The molecule has 3 nitrogen and oxygen atoms in total. The van der Waals surface area contributed by atoms with Crippen molar-refractivity contribution in [3.8, 4) is 0 Å². The van der Waals surface area contributed by atoms with Gasteiger partial charge >= 0.3 is 0 Å². The average molecular weight is 275 g/mol. The van der Waals surface area contributed by atoms with E-state index in [1.54, 1.807) is 0 Å². The van der Waals surface area contributed by atoms with Gasteiger partial charge in [-0.2, -0.15) is 0 Å².